The van der Waals surface area contributed by atoms with Crippen LogP contribution in [0.15, 0.2) is 5.16 Å². The van der Waals surface area contributed by atoms with Gasteiger partial charge in [-0.05, 0) is 12.8 Å². The lowest BCUT2D eigenvalue weighted by atomic mass is 10.1. The van der Waals surface area contributed by atoms with Crippen molar-refractivity contribution in [2.75, 3.05) is 0 Å². The molecule has 8 heavy (non-hydrogen) atoms. The van der Waals surface area contributed by atoms with Crippen LogP contribution in [0.3, 0.4) is 0 Å². The standard InChI is InChI=1S/C6H12NO/c1-3-6(4-2)5-7-8/h3,5-6,8H,4H2,1-2H3/b7-5-. The molecule has 47 valence electrons. The first-order valence-corrected chi connectivity index (χ1v) is 2.82. The van der Waals surface area contributed by atoms with Crippen LogP contribution in [-0.4, -0.2) is 11.4 Å². The summed E-state index contributed by atoms with van der Waals surface area (Å²) in [4.78, 5) is 0. The van der Waals surface area contributed by atoms with E-state index in [1.807, 2.05) is 20.3 Å². The van der Waals surface area contributed by atoms with Gasteiger partial charge in [-0.2, -0.15) is 0 Å². The monoisotopic (exact) mass is 114 g/mol. The Hall–Kier alpha value is -0.530. The molecule has 1 N–H and O–H groups in total. The van der Waals surface area contributed by atoms with Crippen molar-refractivity contribution in [3.8, 4) is 0 Å². The lowest BCUT2D eigenvalue weighted by Gasteiger charge is -2.00. The minimum absolute atomic E-state index is 0.333. The Morgan fingerprint density at radius 1 is 1.75 bits per heavy atom. The molecule has 0 heterocycles. The molecule has 1 unspecified atom stereocenters. The van der Waals surface area contributed by atoms with Gasteiger partial charge in [0.15, 0.2) is 0 Å². The lowest BCUT2D eigenvalue weighted by Crippen LogP contribution is -1.97. The van der Waals surface area contributed by atoms with Crippen molar-refractivity contribution in [3.05, 3.63) is 6.42 Å². The highest BCUT2D eigenvalue weighted by Crippen LogP contribution is 2.01. The number of rotatable bonds is 3. The largest absolute Gasteiger partial charge is 0.411 e. The molecule has 0 aromatic rings. The third kappa shape index (κ3) is 2.61. The molecule has 0 amide bonds. The van der Waals surface area contributed by atoms with E-state index >= 15 is 0 Å². The summed E-state index contributed by atoms with van der Waals surface area (Å²) in [5, 5.41) is 11.0. The number of hydrogen-bond acceptors (Lipinski definition) is 2. The van der Waals surface area contributed by atoms with Crippen LogP contribution in [0.4, 0.5) is 0 Å². The van der Waals surface area contributed by atoms with Gasteiger partial charge in [-0.3, -0.25) is 0 Å². The molecule has 0 bridgehead atoms. The van der Waals surface area contributed by atoms with E-state index in [0.29, 0.717) is 5.92 Å². The van der Waals surface area contributed by atoms with Crippen LogP contribution >= 0.6 is 0 Å². The Morgan fingerprint density at radius 2 is 2.38 bits per heavy atom. The fraction of sp³-hybridized carbons (Fsp3) is 0.667. The van der Waals surface area contributed by atoms with E-state index < -0.39 is 0 Å². The van der Waals surface area contributed by atoms with Gasteiger partial charge in [0, 0.05) is 12.1 Å². The summed E-state index contributed by atoms with van der Waals surface area (Å²) in [7, 11) is 0. The zero-order chi connectivity index (χ0) is 6.41. The molecule has 0 fully saturated rings. The van der Waals surface area contributed by atoms with Crippen molar-refractivity contribution in [1.82, 2.24) is 0 Å². The van der Waals surface area contributed by atoms with E-state index in [0.717, 1.165) is 6.42 Å². The third-order valence-corrected chi connectivity index (χ3v) is 1.16. The van der Waals surface area contributed by atoms with E-state index in [1.54, 1.807) is 0 Å². The van der Waals surface area contributed by atoms with Crippen molar-refractivity contribution >= 4 is 6.21 Å². The number of hydrogen-bond donors (Lipinski definition) is 1. The highest BCUT2D eigenvalue weighted by Gasteiger charge is 1.96. The van der Waals surface area contributed by atoms with Gasteiger partial charge in [-0.15, -0.1) is 5.16 Å². The minimum atomic E-state index is 0.333. The van der Waals surface area contributed by atoms with Gasteiger partial charge in [-0.25, -0.2) is 0 Å². The molecule has 0 rings (SSSR count). The first-order valence-electron chi connectivity index (χ1n) is 2.82. The molecule has 2 nitrogen and oxygen atoms in total. The first-order chi connectivity index (χ1) is 3.85. The summed E-state index contributed by atoms with van der Waals surface area (Å²) in [5.74, 6) is 0.333. The van der Waals surface area contributed by atoms with Gasteiger partial charge in [0.05, 0.1) is 0 Å². The van der Waals surface area contributed by atoms with Gasteiger partial charge in [-0.1, -0.05) is 13.8 Å². The number of nitrogens with zero attached hydrogens (tertiary/aromatic N) is 1. The van der Waals surface area contributed by atoms with Crippen LogP contribution in [0.5, 0.6) is 0 Å². The van der Waals surface area contributed by atoms with Crippen LogP contribution in [0.25, 0.3) is 0 Å². The Kier molecular flexibility index (Phi) is 4.32. The van der Waals surface area contributed by atoms with Crippen LogP contribution in [-0.2, 0) is 0 Å². The normalized spacial score (nSPS) is 11.4. The molecule has 0 saturated heterocycles. The Balaban J connectivity index is 3.36. The second-order valence-corrected chi connectivity index (χ2v) is 1.67. The molecule has 0 aromatic heterocycles. The Bertz CT molecular complexity index is 66.9. The molecule has 0 aliphatic carbocycles. The van der Waals surface area contributed by atoms with Gasteiger partial charge >= 0.3 is 0 Å². The van der Waals surface area contributed by atoms with Crippen LogP contribution < -0.4 is 0 Å². The quantitative estimate of drug-likeness (QED) is 0.338. The molecule has 2 heteroatoms. The maximum Gasteiger partial charge on any atom is 0.0469 e. The fourth-order valence-electron chi connectivity index (χ4n) is 0.513. The Labute approximate surface area is 50.2 Å². The summed E-state index contributed by atoms with van der Waals surface area (Å²) >= 11 is 0. The van der Waals surface area contributed by atoms with Crippen molar-refractivity contribution in [3.63, 3.8) is 0 Å². The summed E-state index contributed by atoms with van der Waals surface area (Å²) in [5.41, 5.74) is 0. The van der Waals surface area contributed by atoms with E-state index in [4.69, 9.17) is 5.21 Å². The smallest absolute Gasteiger partial charge is 0.0469 e. The average molecular weight is 114 g/mol. The maximum absolute atomic E-state index is 8.05. The average Bonchev–Trinajstić information content (AvgIpc) is 1.83. The molecule has 0 aliphatic heterocycles. The van der Waals surface area contributed by atoms with E-state index in [2.05, 4.69) is 5.16 Å². The van der Waals surface area contributed by atoms with Gasteiger partial charge < -0.3 is 5.21 Å². The van der Waals surface area contributed by atoms with Crippen LogP contribution in [0, 0.1) is 12.3 Å². The second-order valence-electron chi connectivity index (χ2n) is 1.67. The Morgan fingerprint density at radius 3 is 2.50 bits per heavy atom. The van der Waals surface area contributed by atoms with Gasteiger partial charge in [0.25, 0.3) is 0 Å². The minimum Gasteiger partial charge on any atom is -0.411 e. The van der Waals surface area contributed by atoms with Crippen molar-refractivity contribution in [2.45, 2.75) is 20.3 Å². The van der Waals surface area contributed by atoms with Crippen molar-refractivity contribution < 1.29 is 5.21 Å². The van der Waals surface area contributed by atoms with Crippen molar-refractivity contribution in [1.29, 1.82) is 0 Å². The lowest BCUT2D eigenvalue weighted by molar-refractivity contribution is 0.318. The van der Waals surface area contributed by atoms with Crippen LogP contribution in [0.2, 0.25) is 0 Å². The molecule has 0 aromatic carbocycles. The summed E-state index contributed by atoms with van der Waals surface area (Å²) in [6, 6.07) is 0. The van der Waals surface area contributed by atoms with Crippen molar-refractivity contribution in [2.24, 2.45) is 11.1 Å². The molecular weight excluding hydrogens is 102 g/mol. The topological polar surface area (TPSA) is 32.6 Å². The number of oxime groups is 1. The molecule has 0 spiro atoms. The SMILES string of the molecule is C[CH]C(/C=N\O)CC. The van der Waals surface area contributed by atoms with Gasteiger partial charge in [0.2, 0.25) is 0 Å². The molecular formula is C6H12NO. The molecule has 1 radical (unpaired) electrons. The maximum atomic E-state index is 8.05. The second kappa shape index (κ2) is 4.62. The summed E-state index contributed by atoms with van der Waals surface area (Å²) in [6.45, 7) is 4.00. The predicted molar refractivity (Wildman–Crippen MR) is 34.0 cm³/mol. The summed E-state index contributed by atoms with van der Waals surface area (Å²) < 4.78 is 0. The van der Waals surface area contributed by atoms with E-state index in [1.165, 1.54) is 6.21 Å². The van der Waals surface area contributed by atoms with Crippen LogP contribution in [0.1, 0.15) is 20.3 Å². The van der Waals surface area contributed by atoms with E-state index in [-0.39, 0.29) is 0 Å². The zero-order valence-corrected chi connectivity index (χ0v) is 5.33. The third-order valence-electron chi connectivity index (χ3n) is 1.16. The first kappa shape index (κ1) is 7.47. The fourth-order valence-corrected chi connectivity index (χ4v) is 0.513. The molecule has 0 saturated carbocycles. The predicted octanol–water partition coefficient (Wildman–Crippen LogP) is 1.70. The van der Waals surface area contributed by atoms with Gasteiger partial charge in [0.1, 0.15) is 0 Å². The van der Waals surface area contributed by atoms with E-state index in [9.17, 15) is 0 Å². The highest BCUT2D eigenvalue weighted by atomic mass is 16.4. The molecule has 1 atom stereocenters. The highest BCUT2D eigenvalue weighted by molar-refractivity contribution is 5.61. The zero-order valence-electron chi connectivity index (χ0n) is 5.33. The molecule has 0 aliphatic rings. The summed E-state index contributed by atoms with van der Waals surface area (Å²) in [6.07, 6.45) is 4.53.